The molecule has 0 atom stereocenters. The maximum atomic E-state index is 3.92. The van der Waals surface area contributed by atoms with E-state index in [1.165, 1.54) is 6.33 Å². The summed E-state index contributed by atoms with van der Waals surface area (Å²) in [6.07, 6.45) is 6.74. The SMILES string of the molecule is C=CC=C(C)n1cncn1. The minimum atomic E-state index is 1.01. The Morgan fingerprint density at radius 1 is 1.70 bits per heavy atom. The van der Waals surface area contributed by atoms with Crippen molar-refractivity contribution >= 4 is 5.70 Å². The number of hydrogen-bond donors (Lipinski definition) is 0. The highest BCUT2D eigenvalue weighted by atomic mass is 15.3. The second-order valence-electron chi connectivity index (χ2n) is 1.88. The van der Waals surface area contributed by atoms with Gasteiger partial charge >= 0.3 is 0 Å². The average Bonchev–Trinajstić information content (AvgIpc) is 2.38. The first kappa shape index (κ1) is 6.74. The van der Waals surface area contributed by atoms with Crippen molar-refractivity contribution < 1.29 is 0 Å². The molecule has 0 fully saturated rings. The van der Waals surface area contributed by atoms with E-state index in [0.717, 1.165) is 5.70 Å². The van der Waals surface area contributed by atoms with Crippen LogP contribution in [0.2, 0.25) is 0 Å². The number of aromatic nitrogens is 3. The molecule has 1 aromatic heterocycles. The van der Waals surface area contributed by atoms with Gasteiger partial charge in [0.25, 0.3) is 0 Å². The van der Waals surface area contributed by atoms with Gasteiger partial charge in [-0.05, 0) is 13.0 Å². The van der Waals surface area contributed by atoms with Gasteiger partial charge in [-0.1, -0.05) is 12.7 Å². The second-order valence-corrected chi connectivity index (χ2v) is 1.88. The highest BCUT2D eigenvalue weighted by Crippen LogP contribution is 1.97. The van der Waals surface area contributed by atoms with Crippen molar-refractivity contribution in [3.8, 4) is 0 Å². The maximum absolute atomic E-state index is 3.92. The molecule has 0 aliphatic carbocycles. The van der Waals surface area contributed by atoms with Crippen molar-refractivity contribution in [1.29, 1.82) is 0 Å². The van der Waals surface area contributed by atoms with E-state index in [0.29, 0.717) is 0 Å². The van der Waals surface area contributed by atoms with E-state index in [9.17, 15) is 0 Å². The van der Waals surface area contributed by atoms with E-state index >= 15 is 0 Å². The fourth-order valence-corrected chi connectivity index (χ4v) is 0.637. The van der Waals surface area contributed by atoms with Crippen molar-refractivity contribution in [1.82, 2.24) is 14.8 Å². The molecule has 1 rings (SSSR count). The molecule has 0 radical (unpaired) electrons. The van der Waals surface area contributed by atoms with Crippen molar-refractivity contribution in [2.24, 2.45) is 0 Å². The fraction of sp³-hybridized carbons (Fsp3) is 0.143. The predicted octanol–water partition coefficient (Wildman–Crippen LogP) is 1.32. The van der Waals surface area contributed by atoms with Gasteiger partial charge in [0.15, 0.2) is 0 Å². The van der Waals surface area contributed by atoms with E-state index in [1.807, 2.05) is 13.0 Å². The molecular weight excluding hydrogens is 126 g/mol. The summed E-state index contributed by atoms with van der Waals surface area (Å²) in [4.78, 5) is 3.80. The summed E-state index contributed by atoms with van der Waals surface area (Å²) in [7, 11) is 0. The van der Waals surface area contributed by atoms with Crippen LogP contribution in [0.4, 0.5) is 0 Å². The van der Waals surface area contributed by atoms with E-state index in [-0.39, 0.29) is 0 Å². The molecule has 1 aromatic rings. The minimum absolute atomic E-state index is 1.01. The smallest absolute Gasteiger partial charge is 0.138 e. The lowest BCUT2D eigenvalue weighted by molar-refractivity contribution is 0.894. The first-order valence-electron chi connectivity index (χ1n) is 2.99. The maximum Gasteiger partial charge on any atom is 0.138 e. The Morgan fingerprint density at radius 3 is 3.00 bits per heavy atom. The third-order valence-corrected chi connectivity index (χ3v) is 1.14. The van der Waals surface area contributed by atoms with Gasteiger partial charge in [-0.3, -0.25) is 0 Å². The van der Waals surface area contributed by atoms with Gasteiger partial charge in [-0.25, -0.2) is 9.67 Å². The van der Waals surface area contributed by atoms with Crippen LogP contribution in [0, 0.1) is 0 Å². The van der Waals surface area contributed by atoms with Crippen molar-refractivity contribution in [3.63, 3.8) is 0 Å². The van der Waals surface area contributed by atoms with Gasteiger partial charge < -0.3 is 0 Å². The van der Waals surface area contributed by atoms with Gasteiger partial charge in [0, 0.05) is 5.70 Å². The lowest BCUT2D eigenvalue weighted by Crippen LogP contribution is -1.92. The van der Waals surface area contributed by atoms with Gasteiger partial charge in [-0.15, -0.1) is 0 Å². The normalized spacial score (nSPS) is 11.5. The Bertz CT molecular complexity index is 233. The molecular formula is C7H9N3. The van der Waals surface area contributed by atoms with E-state index < -0.39 is 0 Å². The predicted molar refractivity (Wildman–Crippen MR) is 40.2 cm³/mol. The highest BCUT2D eigenvalue weighted by molar-refractivity contribution is 5.42. The number of rotatable bonds is 2. The molecule has 0 bridgehead atoms. The van der Waals surface area contributed by atoms with Gasteiger partial charge in [0.05, 0.1) is 0 Å². The summed E-state index contributed by atoms with van der Waals surface area (Å²) in [5.41, 5.74) is 1.01. The van der Waals surface area contributed by atoms with Crippen LogP contribution >= 0.6 is 0 Å². The number of nitrogens with zero attached hydrogens (tertiary/aromatic N) is 3. The Balaban J connectivity index is 2.86. The summed E-state index contributed by atoms with van der Waals surface area (Å²) < 4.78 is 1.68. The van der Waals surface area contributed by atoms with Crippen molar-refractivity contribution in [2.75, 3.05) is 0 Å². The van der Waals surface area contributed by atoms with Crippen LogP contribution in [-0.4, -0.2) is 14.8 Å². The second kappa shape index (κ2) is 2.96. The molecule has 3 nitrogen and oxygen atoms in total. The van der Waals surface area contributed by atoms with E-state index in [4.69, 9.17) is 0 Å². The van der Waals surface area contributed by atoms with Crippen LogP contribution in [0.5, 0.6) is 0 Å². The van der Waals surface area contributed by atoms with Crippen LogP contribution in [-0.2, 0) is 0 Å². The Hall–Kier alpha value is -1.38. The first-order valence-corrected chi connectivity index (χ1v) is 2.99. The summed E-state index contributed by atoms with van der Waals surface area (Å²) >= 11 is 0. The molecule has 0 aliphatic rings. The lowest BCUT2D eigenvalue weighted by Gasteiger charge is -1.95. The van der Waals surface area contributed by atoms with Crippen molar-refractivity contribution in [2.45, 2.75) is 6.92 Å². The minimum Gasteiger partial charge on any atom is -0.225 e. The Morgan fingerprint density at radius 2 is 2.50 bits per heavy atom. The average molecular weight is 135 g/mol. The number of allylic oxidation sites excluding steroid dienone is 3. The van der Waals surface area contributed by atoms with Crippen LogP contribution in [0.15, 0.2) is 31.4 Å². The zero-order valence-corrected chi connectivity index (χ0v) is 5.86. The lowest BCUT2D eigenvalue weighted by atomic mass is 10.4. The summed E-state index contributed by atoms with van der Waals surface area (Å²) in [5, 5.41) is 3.92. The zero-order chi connectivity index (χ0) is 7.40. The molecule has 10 heavy (non-hydrogen) atoms. The largest absolute Gasteiger partial charge is 0.225 e. The summed E-state index contributed by atoms with van der Waals surface area (Å²) in [6.45, 7) is 5.51. The van der Waals surface area contributed by atoms with E-state index in [1.54, 1.807) is 17.1 Å². The molecule has 0 aromatic carbocycles. The molecule has 0 saturated heterocycles. The van der Waals surface area contributed by atoms with Gasteiger partial charge in [0.2, 0.25) is 0 Å². The Kier molecular flexibility index (Phi) is 1.99. The third kappa shape index (κ3) is 1.31. The molecule has 0 N–H and O–H groups in total. The quantitative estimate of drug-likeness (QED) is 0.572. The molecule has 0 spiro atoms. The molecule has 0 aliphatic heterocycles. The fourth-order valence-electron chi connectivity index (χ4n) is 0.637. The van der Waals surface area contributed by atoms with E-state index in [2.05, 4.69) is 16.7 Å². The zero-order valence-electron chi connectivity index (χ0n) is 5.86. The molecule has 0 amide bonds. The standard InChI is InChI=1S/C7H9N3/c1-3-4-7(2)10-6-8-5-9-10/h3-6H,1H2,2H3. The molecule has 1 heterocycles. The van der Waals surface area contributed by atoms with Crippen molar-refractivity contribution in [3.05, 3.63) is 31.4 Å². The third-order valence-electron chi connectivity index (χ3n) is 1.14. The summed E-state index contributed by atoms with van der Waals surface area (Å²) in [6, 6.07) is 0. The molecule has 52 valence electrons. The van der Waals surface area contributed by atoms with Gasteiger partial charge in [0.1, 0.15) is 12.7 Å². The number of hydrogen-bond acceptors (Lipinski definition) is 2. The topological polar surface area (TPSA) is 30.7 Å². The van der Waals surface area contributed by atoms with Crippen LogP contribution in [0.3, 0.4) is 0 Å². The molecule has 0 saturated carbocycles. The first-order chi connectivity index (χ1) is 4.84. The highest BCUT2D eigenvalue weighted by Gasteiger charge is 1.88. The van der Waals surface area contributed by atoms with Crippen LogP contribution in [0.1, 0.15) is 6.92 Å². The molecule has 3 heteroatoms. The Labute approximate surface area is 59.7 Å². The monoisotopic (exact) mass is 135 g/mol. The van der Waals surface area contributed by atoms with Gasteiger partial charge in [-0.2, -0.15) is 5.10 Å². The summed E-state index contributed by atoms with van der Waals surface area (Å²) in [5.74, 6) is 0. The molecule has 0 unspecified atom stereocenters. The van der Waals surface area contributed by atoms with Crippen LogP contribution in [0.25, 0.3) is 5.70 Å². The van der Waals surface area contributed by atoms with Crippen LogP contribution < -0.4 is 0 Å².